The first-order chi connectivity index (χ1) is 12.0. The fraction of sp³-hybridized carbons (Fsp3) is 0.211. The lowest BCUT2D eigenvalue weighted by molar-refractivity contribution is -0.116. The fourth-order valence-electron chi connectivity index (χ4n) is 2.27. The van der Waals surface area contributed by atoms with Crippen LogP contribution in [0, 0.1) is 0 Å². The molecule has 25 heavy (non-hydrogen) atoms. The molecule has 1 N–H and O–H groups in total. The minimum Gasteiger partial charge on any atom is -0.493 e. The second-order valence-electron chi connectivity index (χ2n) is 5.19. The van der Waals surface area contributed by atoms with E-state index in [2.05, 4.69) is 5.32 Å². The van der Waals surface area contributed by atoms with E-state index in [1.807, 2.05) is 6.07 Å². The van der Waals surface area contributed by atoms with Gasteiger partial charge >= 0.3 is 0 Å². The van der Waals surface area contributed by atoms with Gasteiger partial charge in [-0.05, 0) is 47.9 Å². The van der Waals surface area contributed by atoms with Gasteiger partial charge in [0.05, 0.1) is 14.2 Å². The number of amides is 1. The standard InChI is InChI=1S/C19H19Cl2NO3/c1-24-17-8-6-13(12-18(17)25-2)7-9-19(23)22-11-10-14-15(20)4-3-5-16(14)21/h3-9,12H,10-11H2,1-2H3,(H,22,23). The van der Waals surface area contributed by atoms with Crippen molar-refractivity contribution in [2.75, 3.05) is 20.8 Å². The molecule has 0 aliphatic rings. The first kappa shape index (κ1) is 19.2. The molecule has 0 unspecified atom stereocenters. The summed E-state index contributed by atoms with van der Waals surface area (Å²) in [4.78, 5) is 11.9. The Kier molecular flexibility index (Phi) is 7.16. The summed E-state index contributed by atoms with van der Waals surface area (Å²) in [6.45, 7) is 0.443. The highest BCUT2D eigenvalue weighted by Crippen LogP contribution is 2.28. The molecule has 0 aliphatic carbocycles. The van der Waals surface area contributed by atoms with Crippen molar-refractivity contribution in [1.82, 2.24) is 5.32 Å². The lowest BCUT2D eigenvalue weighted by atomic mass is 10.1. The SMILES string of the molecule is COc1ccc(C=CC(=O)NCCc2c(Cl)cccc2Cl)cc1OC. The average molecular weight is 380 g/mol. The Labute approximate surface area is 157 Å². The Morgan fingerprint density at radius 2 is 1.76 bits per heavy atom. The van der Waals surface area contributed by atoms with Crippen molar-refractivity contribution in [3.05, 3.63) is 63.6 Å². The van der Waals surface area contributed by atoms with E-state index in [0.717, 1.165) is 11.1 Å². The van der Waals surface area contributed by atoms with Crippen molar-refractivity contribution in [2.24, 2.45) is 0 Å². The monoisotopic (exact) mass is 379 g/mol. The van der Waals surface area contributed by atoms with Crippen LogP contribution in [0.2, 0.25) is 10.0 Å². The predicted molar refractivity (Wildman–Crippen MR) is 102 cm³/mol. The van der Waals surface area contributed by atoms with Crippen LogP contribution < -0.4 is 14.8 Å². The van der Waals surface area contributed by atoms with Gasteiger partial charge in [-0.3, -0.25) is 4.79 Å². The summed E-state index contributed by atoms with van der Waals surface area (Å²) in [5, 5.41) is 4.01. The zero-order chi connectivity index (χ0) is 18.2. The topological polar surface area (TPSA) is 47.6 Å². The van der Waals surface area contributed by atoms with Crippen LogP contribution in [0.3, 0.4) is 0 Å². The molecular formula is C19H19Cl2NO3. The van der Waals surface area contributed by atoms with Gasteiger partial charge in [0.25, 0.3) is 0 Å². The van der Waals surface area contributed by atoms with Gasteiger partial charge in [-0.25, -0.2) is 0 Å². The molecule has 0 fully saturated rings. The lowest BCUT2D eigenvalue weighted by Gasteiger charge is -2.08. The zero-order valence-corrected chi connectivity index (χ0v) is 15.5. The maximum atomic E-state index is 11.9. The molecule has 0 heterocycles. The third-order valence-corrected chi connectivity index (χ3v) is 4.28. The van der Waals surface area contributed by atoms with Crippen LogP contribution >= 0.6 is 23.2 Å². The Bertz CT molecular complexity index is 755. The third kappa shape index (κ3) is 5.41. The number of rotatable bonds is 7. The molecule has 4 nitrogen and oxygen atoms in total. The van der Waals surface area contributed by atoms with Crippen molar-refractivity contribution in [3.63, 3.8) is 0 Å². The molecule has 0 bridgehead atoms. The van der Waals surface area contributed by atoms with Crippen LogP contribution in [-0.4, -0.2) is 26.7 Å². The van der Waals surface area contributed by atoms with Gasteiger partial charge in [0, 0.05) is 22.7 Å². The summed E-state index contributed by atoms with van der Waals surface area (Å²) in [5.74, 6) is 1.05. The Morgan fingerprint density at radius 1 is 1.08 bits per heavy atom. The van der Waals surface area contributed by atoms with E-state index in [4.69, 9.17) is 32.7 Å². The van der Waals surface area contributed by atoms with Crippen molar-refractivity contribution >= 4 is 35.2 Å². The highest BCUT2D eigenvalue weighted by molar-refractivity contribution is 6.36. The van der Waals surface area contributed by atoms with Crippen LogP contribution in [-0.2, 0) is 11.2 Å². The molecule has 0 saturated carbocycles. The van der Waals surface area contributed by atoms with Gasteiger partial charge in [-0.15, -0.1) is 0 Å². The number of ether oxygens (including phenoxy) is 2. The van der Waals surface area contributed by atoms with Gasteiger partial charge in [0.2, 0.25) is 5.91 Å². The van der Waals surface area contributed by atoms with E-state index < -0.39 is 0 Å². The predicted octanol–water partition coefficient (Wildman–Crippen LogP) is 4.38. The Morgan fingerprint density at radius 3 is 2.40 bits per heavy atom. The Hall–Kier alpha value is -2.17. The normalized spacial score (nSPS) is 10.7. The number of hydrogen-bond donors (Lipinski definition) is 1. The van der Waals surface area contributed by atoms with Crippen LogP contribution in [0.15, 0.2) is 42.5 Å². The summed E-state index contributed by atoms with van der Waals surface area (Å²) < 4.78 is 10.4. The van der Waals surface area contributed by atoms with E-state index in [-0.39, 0.29) is 5.91 Å². The molecule has 0 spiro atoms. The third-order valence-electron chi connectivity index (χ3n) is 3.57. The molecule has 0 radical (unpaired) electrons. The van der Waals surface area contributed by atoms with Crippen molar-refractivity contribution in [3.8, 4) is 11.5 Å². The first-order valence-corrected chi connectivity index (χ1v) is 8.41. The number of methoxy groups -OCH3 is 2. The van der Waals surface area contributed by atoms with E-state index in [1.165, 1.54) is 6.08 Å². The van der Waals surface area contributed by atoms with Crippen LogP contribution in [0.1, 0.15) is 11.1 Å². The molecule has 0 aromatic heterocycles. The highest BCUT2D eigenvalue weighted by Gasteiger charge is 2.06. The summed E-state index contributed by atoms with van der Waals surface area (Å²) in [6.07, 6.45) is 3.74. The number of halogens is 2. The minimum atomic E-state index is -0.196. The number of benzene rings is 2. The number of nitrogens with one attached hydrogen (secondary N) is 1. The van der Waals surface area contributed by atoms with E-state index >= 15 is 0 Å². The van der Waals surface area contributed by atoms with Gasteiger partial charge in [-0.1, -0.05) is 35.3 Å². The summed E-state index contributed by atoms with van der Waals surface area (Å²) in [5.41, 5.74) is 1.66. The summed E-state index contributed by atoms with van der Waals surface area (Å²) in [7, 11) is 3.14. The number of hydrogen-bond acceptors (Lipinski definition) is 3. The highest BCUT2D eigenvalue weighted by atomic mass is 35.5. The van der Waals surface area contributed by atoms with Crippen LogP contribution in [0.25, 0.3) is 6.08 Å². The van der Waals surface area contributed by atoms with E-state index in [9.17, 15) is 4.79 Å². The first-order valence-electron chi connectivity index (χ1n) is 7.66. The fourth-order valence-corrected chi connectivity index (χ4v) is 2.86. The molecule has 2 rings (SSSR count). The summed E-state index contributed by atoms with van der Waals surface area (Å²) in [6, 6.07) is 10.8. The lowest BCUT2D eigenvalue weighted by Crippen LogP contribution is -2.23. The molecule has 6 heteroatoms. The van der Waals surface area contributed by atoms with Gasteiger partial charge in [0.15, 0.2) is 11.5 Å². The van der Waals surface area contributed by atoms with Gasteiger partial charge in [-0.2, -0.15) is 0 Å². The molecule has 0 atom stereocenters. The van der Waals surface area contributed by atoms with Gasteiger partial charge in [0.1, 0.15) is 0 Å². The van der Waals surface area contributed by atoms with Crippen LogP contribution in [0.4, 0.5) is 0 Å². The summed E-state index contributed by atoms with van der Waals surface area (Å²) >= 11 is 12.2. The Balaban J connectivity index is 1.91. The maximum Gasteiger partial charge on any atom is 0.244 e. The molecule has 132 valence electrons. The molecule has 1 amide bonds. The number of carbonyl (C=O) groups excluding carboxylic acids is 1. The molecule has 2 aromatic carbocycles. The molecule has 0 saturated heterocycles. The molecule has 2 aromatic rings. The van der Waals surface area contributed by atoms with E-state index in [0.29, 0.717) is 34.5 Å². The van der Waals surface area contributed by atoms with Crippen molar-refractivity contribution in [1.29, 1.82) is 0 Å². The second-order valence-corrected chi connectivity index (χ2v) is 6.00. The average Bonchev–Trinajstić information content (AvgIpc) is 2.62. The minimum absolute atomic E-state index is 0.196. The maximum absolute atomic E-state index is 11.9. The van der Waals surface area contributed by atoms with Crippen molar-refractivity contribution in [2.45, 2.75) is 6.42 Å². The van der Waals surface area contributed by atoms with E-state index in [1.54, 1.807) is 50.6 Å². The van der Waals surface area contributed by atoms with Crippen molar-refractivity contribution < 1.29 is 14.3 Å². The van der Waals surface area contributed by atoms with Gasteiger partial charge < -0.3 is 14.8 Å². The molecule has 0 aliphatic heterocycles. The second kappa shape index (κ2) is 9.35. The quantitative estimate of drug-likeness (QED) is 0.725. The van der Waals surface area contributed by atoms with Crippen LogP contribution in [0.5, 0.6) is 11.5 Å². The smallest absolute Gasteiger partial charge is 0.244 e. The largest absolute Gasteiger partial charge is 0.493 e. The molecular weight excluding hydrogens is 361 g/mol. The zero-order valence-electron chi connectivity index (χ0n) is 14.0. The number of carbonyl (C=O) groups is 1.